The molecule has 12 heteroatoms. The van der Waals surface area contributed by atoms with Crippen LogP contribution in [0, 0.1) is 5.92 Å². The Morgan fingerprint density at radius 1 is 1.16 bits per heavy atom. The van der Waals surface area contributed by atoms with Gasteiger partial charge in [0.1, 0.15) is 35.1 Å². The van der Waals surface area contributed by atoms with Gasteiger partial charge in [-0.25, -0.2) is 14.6 Å². The van der Waals surface area contributed by atoms with E-state index in [0.29, 0.717) is 24.5 Å². The van der Waals surface area contributed by atoms with Crippen LogP contribution in [0.15, 0.2) is 42.6 Å². The Hall–Kier alpha value is -4.35. The molecule has 5 atom stereocenters. The standard InChI is InChI=1S/C33H42N4O8/c1-32(2,3)45-31(42)35-25-11-9-7-5-6-8-10-21-18-33(21,30(40)41)36-27(38)26-17-23(19-37(26)29(25)39)44-28-24-13-12-22(43-4)16-20(24)14-15-34-28/h8,10,12-16,21,23,25-26H,5-7,9,11,17-19H2,1-4H3,(H,35,42)(H,36,38)(H,40,41)/b10-8-/t21-,23-,25+,26+,33-/m1/s1. The summed E-state index contributed by atoms with van der Waals surface area (Å²) in [7, 11) is 1.58. The Morgan fingerprint density at radius 2 is 1.96 bits per heavy atom. The maximum Gasteiger partial charge on any atom is 0.408 e. The Bertz CT molecular complexity index is 1490. The molecule has 0 spiro atoms. The molecule has 3 N–H and O–H groups in total. The molecule has 1 aromatic heterocycles. The van der Waals surface area contributed by atoms with Crippen molar-refractivity contribution >= 4 is 34.6 Å². The van der Waals surface area contributed by atoms with Gasteiger partial charge in [0.2, 0.25) is 17.7 Å². The third-order valence-corrected chi connectivity index (χ3v) is 8.53. The fraction of sp³-hybridized carbons (Fsp3) is 0.545. The van der Waals surface area contributed by atoms with Gasteiger partial charge < -0.3 is 34.9 Å². The van der Waals surface area contributed by atoms with Crippen LogP contribution in [0.5, 0.6) is 11.6 Å². The van der Waals surface area contributed by atoms with Crippen molar-refractivity contribution in [1.82, 2.24) is 20.5 Å². The third-order valence-electron chi connectivity index (χ3n) is 8.53. The topological polar surface area (TPSA) is 156 Å². The quantitative estimate of drug-likeness (QED) is 0.420. The molecular weight excluding hydrogens is 580 g/mol. The van der Waals surface area contributed by atoms with E-state index >= 15 is 0 Å². The predicted molar refractivity (Wildman–Crippen MR) is 165 cm³/mol. The highest BCUT2D eigenvalue weighted by molar-refractivity contribution is 5.96. The monoisotopic (exact) mass is 622 g/mol. The average molecular weight is 623 g/mol. The van der Waals surface area contributed by atoms with Gasteiger partial charge in [0, 0.05) is 23.9 Å². The van der Waals surface area contributed by atoms with Gasteiger partial charge in [0.15, 0.2) is 0 Å². The van der Waals surface area contributed by atoms with E-state index in [-0.39, 0.29) is 25.3 Å². The lowest BCUT2D eigenvalue weighted by atomic mass is 10.0. The maximum atomic E-state index is 14.2. The van der Waals surface area contributed by atoms with Crippen molar-refractivity contribution in [2.45, 2.75) is 95.0 Å². The number of pyridine rings is 1. The van der Waals surface area contributed by atoms with E-state index in [9.17, 15) is 24.3 Å². The van der Waals surface area contributed by atoms with Crippen molar-refractivity contribution in [2.75, 3.05) is 13.7 Å². The Kier molecular flexibility index (Phi) is 9.22. The molecule has 0 unspecified atom stereocenters. The number of carboxylic acids is 1. The molecule has 1 aromatic carbocycles. The van der Waals surface area contributed by atoms with Crippen molar-refractivity contribution in [3.8, 4) is 11.6 Å². The van der Waals surface area contributed by atoms with Crippen molar-refractivity contribution in [1.29, 1.82) is 0 Å². The van der Waals surface area contributed by atoms with E-state index in [1.807, 2.05) is 30.4 Å². The number of rotatable bonds is 5. The molecule has 3 heterocycles. The molecule has 3 amide bonds. The lowest BCUT2D eigenvalue weighted by molar-refractivity contribution is -0.145. The Labute approximate surface area is 262 Å². The van der Waals surface area contributed by atoms with Crippen molar-refractivity contribution in [3.05, 3.63) is 42.6 Å². The fourth-order valence-corrected chi connectivity index (χ4v) is 6.10. The molecule has 2 fully saturated rings. The number of aromatic nitrogens is 1. The SMILES string of the molecule is COc1ccc2c(O[C@@H]3C[C@H]4C(=O)N[C@]5(C(=O)O)C[C@H]5/C=C\CCCCC[C@H](NC(=O)OC(C)(C)C)C(=O)N4C3)nccc2c1. The van der Waals surface area contributed by atoms with Gasteiger partial charge in [0.05, 0.1) is 13.7 Å². The van der Waals surface area contributed by atoms with Crippen LogP contribution in [0.2, 0.25) is 0 Å². The first-order valence-electron chi connectivity index (χ1n) is 15.5. The van der Waals surface area contributed by atoms with E-state index < -0.39 is 53.2 Å². The molecule has 0 bridgehead atoms. The minimum atomic E-state index is -1.42. The number of amides is 3. The van der Waals surface area contributed by atoms with E-state index in [1.165, 1.54) is 4.90 Å². The molecule has 0 radical (unpaired) electrons. The number of aliphatic carboxylic acids is 1. The summed E-state index contributed by atoms with van der Waals surface area (Å²) in [5.74, 6) is -1.45. The first-order chi connectivity index (χ1) is 21.4. The molecule has 1 saturated heterocycles. The highest BCUT2D eigenvalue weighted by atomic mass is 16.6. The molecular formula is C33H42N4O8. The number of carbonyl (C=O) groups excluding carboxylic acids is 3. The summed E-state index contributed by atoms with van der Waals surface area (Å²) in [5.41, 5.74) is -2.19. The van der Waals surface area contributed by atoms with Crippen LogP contribution in [0.1, 0.15) is 65.7 Å². The third kappa shape index (κ3) is 7.32. The molecule has 1 aliphatic carbocycles. The summed E-state index contributed by atoms with van der Waals surface area (Å²) >= 11 is 0. The lowest BCUT2D eigenvalue weighted by Gasteiger charge is -2.30. The van der Waals surface area contributed by atoms with Gasteiger partial charge in [0.25, 0.3) is 0 Å². The fourth-order valence-electron chi connectivity index (χ4n) is 6.10. The first-order valence-corrected chi connectivity index (χ1v) is 15.5. The van der Waals surface area contributed by atoms with E-state index in [4.69, 9.17) is 14.2 Å². The van der Waals surface area contributed by atoms with Crippen LogP contribution in [-0.4, -0.2) is 81.8 Å². The number of alkyl carbamates (subject to hydrolysis) is 1. The highest BCUT2D eigenvalue weighted by Crippen LogP contribution is 2.45. The van der Waals surface area contributed by atoms with Crippen molar-refractivity contribution < 1.29 is 38.5 Å². The second-order valence-corrected chi connectivity index (χ2v) is 13.0. The van der Waals surface area contributed by atoms with Gasteiger partial charge >= 0.3 is 12.1 Å². The lowest BCUT2D eigenvalue weighted by Crippen LogP contribution is -2.56. The Balaban J connectivity index is 1.44. The van der Waals surface area contributed by atoms with Crippen LogP contribution in [0.4, 0.5) is 4.79 Å². The number of nitrogens with one attached hydrogen (secondary N) is 2. The molecule has 1 saturated carbocycles. The van der Waals surface area contributed by atoms with E-state index in [2.05, 4.69) is 15.6 Å². The van der Waals surface area contributed by atoms with Gasteiger partial charge in [-0.2, -0.15) is 0 Å². The summed E-state index contributed by atoms with van der Waals surface area (Å²) in [6.07, 6.45) is 7.90. The second-order valence-electron chi connectivity index (χ2n) is 13.0. The largest absolute Gasteiger partial charge is 0.497 e. The number of fused-ring (bicyclic) bond motifs is 3. The molecule has 242 valence electrons. The van der Waals surface area contributed by atoms with Crippen molar-refractivity contribution in [3.63, 3.8) is 0 Å². The van der Waals surface area contributed by atoms with Crippen LogP contribution in [0.3, 0.4) is 0 Å². The van der Waals surface area contributed by atoms with Crippen LogP contribution < -0.4 is 20.1 Å². The van der Waals surface area contributed by atoms with Gasteiger partial charge in [-0.3, -0.25) is 9.59 Å². The molecule has 45 heavy (non-hydrogen) atoms. The number of hydrogen-bond donors (Lipinski definition) is 3. The number of allylic oxidation sites excluding steroid dienone is 1. The number of nitrogens with zero attached hydrogens (tertiary/aromatic N) is 2. The normalized spacial score (nSPS) is 28.0. The maximum absolute atomic E-state index is 14.2. The van der Waals surface area contributed by atoms with Crippen LogP contribution in [0.25, 0.3) is 10.8 Å². The van der Waals surface area contributed by atoms with Gasteiger partial charge in [-0.05, 0) is 76.1 Å². The zero-order valence-electron chi connectivity index (χ0n) is 26.2. The number of benzene rings is 1. The van der Waals surface area contributed by atoms with E-state index in [1.54, 1.807) is 40.1 Å². The minimum absolute atomic E-state index is 0.0427. The Morgan fingerprint density at radius 3 is 2.69 bits per heavy atom. The molecule has 2 aliphatic heterocycles. The number of methoxy groups -OCH3 is 1. The molecule has 3 aliphatic rings. The molecule has 5 rings (SSSR count). The molecule has 12 nitrogen and oxygen atoms in total. The van der Waals surface area contributed by atoms with Crippen molar-refractivity contribution in [2.24, 2.45) is 5.92 Å². The first kappa shape index (κ1) is 32.1. The summed E-state index contributed by atoms with van der Waals surface area (Å²) in [5, 5.41) is 17.2. The summed E-state index contributed by atoms with van der Waals surface area (Å²) in [6, 6.07) is 5.36. The second kappa shape index (κ2) is 12.9. The van der Waals surface area contributed by atoms with Crippen LogP contribution in [-0.2, 0) is 19.1 Å². The summed E-state index contributed by atoms with van der Waals surface area (Å²) in [6.45, 7) is 5.26. The summed E-state index contributed by atoms with van der Waals surface area (Å²) in [4.78, 5) is 58.9. The predicted octanol–water partition coefficient (Wildman–Crippen LogP) is 3.96. The number of ether oxygens (including phenoxy) is 3. The van der Waals surface area contributed by atoms with Gasteiger partial charge in [-0.15, -0.1) is 0 Å². The summed E-state index contributed by atoms with van der Waals surface area (Å²) < 4.78 is 17.1. The smallest absolute Gasteiger partial charge is 0.408 e. The molecule has 2 aromatic rings. The zero-order chi connectivity index (χ0) is 32.4. The number of carbonyl (C=O) groups is 4. The minimum Gasteiger partial charge on any atom is -0.497 e. The number of hydrogen-bond acceptors (Lipinski definition) is 8. The highest BCUT2D eigenvalue weighted by Gasteiger charge is 2.61. The van der Waals surface area contributed by atoms with Crippen LogP contribution >= 0.6 is 0 Å². The number of carboxylic acid groups (broad SMARTS) is 1. The van der Waals surface area contributed by atoms with Gasteiger partial charge in [-0.1, -0.05) is 25.0 Å². The van der Waals surface area contributed by atoms with E-state index in [0.717, 1.165) is 30.0 Å². The zero-order valence-corrected chi connectivity index (χ0v) is 26.2. The average Bonchev–Trinajstić information content (AvgIpc) is 3.51.